The Labute approximate surface area is 149 Å². The Hall–Kier alpha value is -0.454. The maximum atomic E-state index is 6.22. The monoisotopic (exact) mass is 260 g/mol. The second-order valence-corrected chi connectivity index (χ2v) is 4.14. The van der Waals surface area contributed by atoms with E-state index in [-0.39, 0.29) is 51.4 Å². The zero-order valence-corrected chi connectivity index (χ0v) is 13.6. The summed E-state index contributed by atoms with van der Waals surface area (Å²) >= 11 is 0. The Morgan fingerprint density at radius 1 is 1.00 bits per heavy atom. The molecule has 0 fully saturated rings. The molecule has 0 spiro atoms. The van der Waals surface area contributed by atoms with Crippen molar-refractivity contribution >= 4 is 27.5 Å². The van der Waals surface area contributed by atoms with Crippen LogP contribution in [-0.4, -0.2) is 4.98 Å². The number of nitrogen functional groups attached to an aromatic ring is 1. The Bertz CT molecular complexity index is 707. The SMILES string of the molecule is [CH2-]Cc1ccc2nc3ccccc3c(N)c2c1.[K+]. The number of nitrogens with zero attached hydrogens (tertiary/aromatic N) is 1. The first-order chi connectivity index (χ1) is 8.29. The van der Waals surface area contributed by atoms with E-state index in [4.69, 9.17) is 5.73 Å². The molecular formula is C15H13KN2. The van der Waals surface area contributed by atoms with Crippen LogP contribution < -0.4 is 57.1 Å². The van der Waals surface area contributed by atoms with E-state index in [1.165, 1.54) is 5.56 Å². The quantitative estimate of drug-likeness (QED) is 0.389. The summed E-state index contributed by atoms with van der Waals surface area (Å²) in [5.41, 5.74) is 10.1. The molecule has 2 aromatic carbocycles. The molecular weight excluding hydrogens is 247 g/mol. The zero-order chi connectivity index (χ0) is 11.8. The van der Waals surface area contributed by atoms with Crippen molar-refractivity contribution in [3.8, 4) is 0 Å². The largest absolute Gasteiger partial charge is 1.00 e. The molecule has 0 aliphatic carbocycles. The second kappa shape index (κ2) is 5.67. The van der Waals surface area contributed by atoms with Gasteiger partial charge in [0.2, 0.25) is 0 Å². The van der Waals surface area contributed by atoms with Crippen LogP contribution in [0.25, 0.3) is 21.8 Å². The zero-order valence-electron chi connectivity index (χ0n) is 10.5. The van der Waals surface area contributed by atoms with E-state index < -0.39 is 0 Å². The van der Waals surface area contributed by atoms with Crippen LogP contribution >= 0.6 is 0 Å². The number of para-hydroxylation sites is 1. The maximum absolute atomic E-state index is 6.22. The van der Waals surface area contributed by atoms with Gasteiger partial charge in [-0.1, -0.05) is 35.9 Å². The molecule has 0 bridgehead atoms. The minimum absolute atomic E-state index is 0. The van der Waals surface area contributed by atoms with Crippen molar-refractivity contribution < 1.29 is 51.4 Å². The second-order valence-electron chi connectivity index (χ2n) is 4.14. The van der Waals surface area contributed by atoms with Crippen molar-refractivity contribution in [3.05, 3.63) is 55.0 Å². The van der Waals surface area contributed by atoms with E-state index in [9.17, 15) is 0 Å². The van der Waals surface area contributed by atoms with Crippen LogP contribution in [0.2, 0.25) is 0 Å². The summed E-state index contributed by atoms with van der Waals surface area (Å²) in [6.45, 7) is 3.89. The van der Waals surface area contributed by atoms with Gasteiger partial charge in [-0.25, -0.2) is 4.98 Å². The minimum Gasteiger partial charge on any atom is -0.398 e. The van der Waals surface area contributed by atoms with Gasteiger partial charge in [-0.3, -0.25) is 0 Å². The Morgan fingerprint density at radius 2 is 1.72 bits per heavy atom. The third-order valence-electron chi connectivity index (χ3n) is 3.07. The molecule has 1 heterocycles. The third-order valence-corrected chi connectivity index (χ3v) is 3.07. The van der Waals surface area contributed by atoms with Gasteiger partial charge in [-0.05, 0) is 12.1 Å². The topological polar surface area (TPSA) is 38.9 Å². The van der Waals surface area contributed by atoms with Gasteiger partial charge in [-0.15, -0.1) is 0 Å². The molecule has 84 valence electrons. The first kappa shape index (κ1) is 14.0. The normalized spacial score (nSPS) is 10.5. The molecule has 0 unspecified atom stereocenters. The number of anilines is 1. The van der Waals surface area contributed by atoms with Crippen molar-refractivity contribution in [2.24, 2.45) is 0 Å². The van der Waals surface area contributed by atoms with Crippen molar-refractivity contribution in [1.82, 2.24) is 4.98 Å². The van der Waals surface area contributed by atoms with Crippen LogP contribution in [0, 0.1) is 6.92 Å². The van der Waals surface area contributed by atoms with Gasteiger partial charge < -0.3 is 12.7 Å². The standard InChI is InChI=1S/C15H13N2.K/c1-2-10-7-8-14-12(9-10)15(16)11-5-3-4-6-13(11)17-14;/h3-9H,1-2H2,(H2,16,17);/q-1;+1. The van der Waals surface area contributed by atoms with E-state index in [2.05, 4.69) is 24.0 Å². The van der Waals surface area contributed by atoms with Gasteiger partial charge in [0.05, 0.1) is 16.7 Å². The average Bonchev–Trinajstić information content (AvgIpc) is 2.39. The number of benzene rings is 2. The molecule has 1 aromatic heterocycles. The molecule has 0 amide bonds. The molecule has 3 aromatic rings. The van der Waals surface area contributed by atoms with Crippen molar-refractivity contribution in [1.29, 1.82) is 0 Å². The number of fused-ring (bicyclic) bond motifs is 2. The Balaban J connectivity index is 0.00000120. The van der Waals surface area contributed by atoms with Crippen LogP contribution in [0.3, 0.4) is 0 Å². The summed E-state index contributed by atoms with van der Waals surface area (Å²) in [7, 11) is 0. The van der Waals surface area contributed by atoms with Gasteiger partial charge in [0, 0.05) is 10.8 Å². The number of hydrogen-bond donors (Lipinski definition) is 1. The number of aromatic nitrogens is 1. The molecule has 0 aliphatic heterocycles. The summed E-state index contributed by atoms with van der Waals surface area (Å²) in [5, 5.41) is 2.03. The molecule has 0 saturated heterocycles. The number of pyridine rings is 1. The third kappa shape index (κ3) is 2.33. The van der Waals surface area contributed by atoms with Crippen molar-refractivity contribution in [3.63, 3.8) is 0 Å². The molecule has 18 heavy (non-hydrogen) atoms. The number of hydrogen-bond acceptors (Lipinski definition) is 2. The average molecular weight is 260 g/mol. The summed E-state index contributed by atoms with van der Waals surface area (Å²) in [4.78, 5) is 4.61. The van der Waals surface area contributed by atoms with Crippen LogP contribution in [-0.2, 0) is 6.42 Å². The molecule has 3 heteroatoms. The van der Waals surface area contributed by atoms with Crippen LogP contribution in [0.1, 0.15) is 5.56 Å². The van der Waals surface area contributed by atoms with E-state index in [1.54, 1.807) is 0 Å². The smallest absolute Gasteiger partial charge is 0.398 e. The fourth-order valence-corrected chi connectivity index (χ4v) is 2.13. The Morgan fingerprint density at radius 3 is 2.50 bits per heavy atom. The number of nitrogens with two attached hydrogens (primary N) is 1. The van der Waals surface area contributed by atoms with Crippen LogP contribution in [0.5, 0.6) is 0 Å². The fourth-order valence-electron chi connectivity index (χ4n) is 2.13. The van der Waals surface area contributed by atoms with E-state index in [0.29, 0.717) is 0 Å². The predicted molar refractivity (Wildman–Crippen MR) is 72.7 cm³/mol. The van der Waals surface area contributed by atoms with Gasteiger partial charge in [-0.2, -0.15) is 6.42 Å². The molecule has 0 aliphatic rings. The Kier molecular flexibility index (Phi) is 4.40. The van der Waals surface area contributed by atoms with E-state index in [0.717, 1.165) is 33.9 Å². The minimum atomic E-state index is 0. The first-order valence-electron chi connectivity index (χ1n) is 5.65. The molecule has 2 nitrogen and oxygen atoms in total. The summed E-state index contributed by atoms with van der Waals surface area (Å²) < 4.78 is 0. The first-order valence-corrected chi connectivity index (χ1v) is 5.65. The van der Waals surface area contributed by atoms with E-state index >= 15 is 0 Å². The molecule has 3 rings (SSSR count). The van der Waals surface area contributed by atoms with Crippen molar-refractivity contribution in [2.45, 2.75) is 6.42 Å². The summed E-state index contributed by atoms with van der Waals surface area (Å²) in [5.74, 6) is 0. The summed E-state index contributed by atoms with van der Waals surface area (Å²) in [6, 6.07) is 14.1. The number of rotatable bonds is 1. The summed E-state index contributed by atoms with van der Waals surface area (Å²) in [6.07, 6.45) is 0.766. The maximum Gasteiger partial charge on any atom is 1.00 e. The molecule has 0 radical (unpaired) electrons. The van der Waals surface area contributed by atoms with Crippen LogP contribution in [0.15, 0.2) is 42.5 Å². The molecule has 2 N–H and O–H groups in total. The van der Waals surface area contributed by atoms with E-state index in [1.807, 2.05) is 30.3 Å². The van der Waals surface area contributed by atoms with Crippen LogP contribution in [0.4, 0.5) is 5.69 Å². The fraction of sp³-hybridized carbons (Fsp3) is 0.0667. The molecule has 0 saturated carbocycles. The van der Waals surface area contributed by atoms with Gasteiger partial charge in [0.25, 0.3) is 0 Å². The van der Waals surface area contributed by atoms with Gasteiger partial charge in [0.15, 0.2) is 0 Å². The molecule has 0 atom stereocenters. The van der Waals surface area contributed by atoms with Gasteiger partial charge in [0.1, 0.15) is 0 Å². The van der Waals surface area contributed by atoms with Crippen molar-refractivity contribution in [2.75, 3.05) is 5.73 Å². The van der Waals surface area contributed by atoms with Gasteiger partial charge >= 0.3 is 51.4 Å². The predicted octanol–water partition coefficient (Wildman–Crippen LogP) is 0.351.